The maximum absolute atomic E-state index is 11.9. The summed E-state index contributed by atoms with van der Waals surface area (Å²) in [6, 6.07) is 9.17. The largest absolute Gasteiger partial charge is 0.366 e. The number of hydrogen-bond donors (Lipinski definition) is 2. The molecule has 22 heavy (non-hydrogen) atoms. The molecule has 0 spiro atoms. The molecular weight excluding hydrogens is 300 g/mol. The Morgan fingerprint density at radius 2 is 2.14 bits per heavy atom. The van der Waals surface area contributed by atoms with Crippen LogP contribution in [0.15, 0.2) is 43.0 Å². The van der Waals surface area contributed by atoms with Gasteiger partial charge in [-0.25, -0.2) is 9.97 Å². The number of nitrogens with one attached hydrogen (secondary N) is 2. The van der Waals surface area contributed by atoms with Crippen molar-refractivity contribution < 1.29 is 4.79 Å². The summed E-state index contributed by atoms with van der Waals surface area (Å²) in [4.78, 5) is 20.3. The van der Waals surface area contributed by atoms with E-state index in [2.05, 4.69) is 27.2 Å². The van der Waals surface area contributed by atoms with Gasteiger partial charge in [-0.1, -0.05) is 35.9 Å². The van der Waals surface area contributed by atoms with Gasteiger partial charge in [-0.3, -0.25) is 4.79 Å². The third-order valence-corrected chi connectivity index (χ3v) is 3.26. The average Bonchev–Trinajstić information content (AvgIpc) is 2.51. The Morgan fingerprint density at radius 3 is 2.86 bits per heavy atom. The molecule has 1 aromatic carbocycles. The topological polar surface area (TPSA) is 66.9 Å². The number of rotatable bonds is 6. The Kier molecular flexibility index (Phi) is 5.49. The van der Waals surface area contributed by atoms with Crippen LogP contribution in [0, 0.1) is 6.92 Å². The molecule has 0 aliphatic carbocycles. The normalized spacial score (nSPS) is 10.1. The molecule has 0 saturated heterocycles. The summed E-state index contributed by atoms with van der Waals surface area (Å²) in [6.45, 7) is 6.21. The van der Waals surface area contributed by atoms with Gasteiger partial charge in [-0.05, 0) is 18.6 Å². The van der Waals surface area contributed by atoms with Crippen molar-refractivity contribution in [2.24, 2.45) is 0 Å². The minimum absolute atomic E-state index is 0.258. The molecule has 0 unspecified atom stereocenters. The second-order valence-corrected chi connectivity index (χ2v) is 5.04. The Balaban J connectivity index is 2.11. The molecule has 0 bridgehead atoms. The van der Waals surface area contributed by atoms with Crippen LogP contribution in [0.1, 0.15) is 21.9 Å². The highest BCUT2D eigenvalue weighted by Crippen LogP contribution is 2.16. The van der Waals surface area contributed by atoms with Crippen LogP contribution in [0.3, 0.4) is 0 Å². The maximum Gasteiger partial charge on any atom is 0.270 e. The Bertz CT molecular complexity index is 688. The van der Waals surface area contributed by atoms with Crippen molar-refractivity contribution in [1.82, 2.24) is 15.3 Å². The van der Waals surface area contributed by atoms with Crippen molar-refractivity contribution in [2.75, 3.05) is 11.9 Å². The van der Waals surface area contributed by atoms with Crippen LogP contribution < -0.4 is 10.6 Å². The first kappa shape index (κ1) is 16.0. The van der Waals surface area contributed by atoms with Crippen LogP contribution in [0.2, 0.25) is 5.02 Å². The predicted molar refractivity (Wildman–Crippen MR) is 88.1 cm³/mol. The third kappa shape index (κ3) is 4.30. The van der Waals surface area contributed by atoms with Crippen LogP contribution in [0.5, 0.6) is 0 Å². The first-order valence-electron chi connectivity index (χ1n) is 6.82. The molecule has 0 radical (unpaired) electrons. The van der Waals surface area contributed by atoms with Gasteiger partial charge < -0.3 is 10.6 Å². The summed E-state index contributed by atoms with van der Waals surface area (Å²) < 4.78 is 0. The van der Waals surface area contributed by atoms with Crippen molar-refractivity contribution in [3.05, 3.63) is 65.1 Å². The molecule has 2 rings (SSSR count). The quantitative estimate of drug-likeness (QED) is 0.804. The zero-order chi connectivity index (χ0) is 15.9. The fourth-order valence-electron chi connectivity index (χ4n) is 1.86. The van der Waals surface area contributed by atoms with Gasteiger partial charge in [0.1, 0.15) is 17.3 Å². The van der Waals surface area contributed by atoms with Crippen LogP contribution >= 0.6 is 11.6 Å². The Hall–Kier alpha value is -2.40. The summed E-state index contributed by atoms with van der Waals surface area (Å²) in [5, 5.41) is 6.53. The third-order valence-electron chi connectivity index (χ3n) is 2.90. The predicted octanol–water partition coefficient (Wildman–Crippen LogP) is 2.97. The van der Waals surface area contributed by atoms with Gasteiger partial charge in [0.25, 0.3) is 5.91 Å². The molecule has 1 aromatic heterocycles. The highest BCUT2D eigenvalue weighted by Gasteiger charge is 2.09. The number of aryl methyl sites for hydroxylation is 1. The lowest BCUT2D eigenvalue weighted by atomic mass is 10.2. The second kappa shape index (κ2) is 7.56. The molecule has 1 heterocycles. The average molecular weight is 317 g/mol. The molecule has 5 nitrogen and oxygen atoms in total. The maximum atomic E-state index is 11.9. The van der Waals surface area contributed by atoms with Gasteiger partial charge in [0.05, 0.1) is 0 Å². The molecule has 2 N–H and O–H groups in total. The van der Waals surface area contributed by atoms with Crippen molar-refractivity contribution in [2.45, 2.75) is 13.5 Å². The molecule has 1 amide bonds. The molecule has 6 heteroatoms. The summed E-state index contributed by atoms with van der Waals surface area (Å²) in [6.07, 6.45) is 1.61. The van der Waals surface area contributed by atoms with E-state index < -0.39 is 0 Å². The van der Waals surface area contributed by atoms with Crippen LogP contribution in [-0.4, -0.2) is 22.4 Å². The fourth-order valence-corrected chi connectivity index (χ4v) is 2.06. The van der Waals surface area contributed by atoms with Crippen molar-refractivity contribution in [3.63, 3.8) is 0 Å². The summed E-state index contributed by atoms with van der Waals surface area (Å²) >= 11 is 6.11. The molecule has 0 aliphatic rings. The van der Waals surface area contributed by atoms with Gasteiger partial charge in [0.15, 0.2) is 0 Å². The number of aromatic nitrogens is 2. The first-order valence-corrected chi connectivity index (χ1v) is 7.20. The highest BCUT2D eigenvalue weighted by molar-refractivity contribution is 6.31. The smallest absolute Gasteiger partial charge is 0.270 e. The van der Waals surface area contributed by atoms with E-state index in [1.54, 1.807) is 19.1 Å². The molecule has 0 saturated carbocycles. The summed E-state index contributed by atoms with van der Waals surface area (Å²) in [7, 11) is 0. The SMILES string of the molecule is C=CCNC(=O)c1cc(NCc2ccccc2Cl)nc(C)n1. The number of anilines is 1. The van der Waals surface area contributed by atoms with E-state index in [0.717, 1.165) is 5.56 Å². The van der Waals surface area contributed by atoms with E-state index >= 15 is 0 Å². The number of hydrogen-bond acceptors (Lipinski definition) is 4. The summed E-state index contributed by atoms with van der Waals surface area (Å²) in [5.74, 6) is 0.843. The summed E-state index contributed by atoms with van der Waals surface area (Å²) in [5.41, 5.74) is 1.27. The monoisotopic (exact) mass is 316 g/mol. The zero-order valence-electron chi connectivity index (χ0n) is 12.3. The van der Waals surface area contributed by atoms with Gasteiger partial charge in [-0.15, -0.1) is 6.58 Å². The van der Waals surface area contributed by atoms with E-state index in [-0.39, 0.29) is 5.91 Å². The van der Waals surface area contributed by atoms with Crippen LogP contribution in [-0.2, 0) is 6.54 Å². The lowest BCUT2D eigenvalue weighted by Crippen LogP contribution is -2.24. The number of carbonyl (C=O) groups is 1. The zero-order valence-corrected chi connectivity index (χ0v) is 13.0. The molecule has 0 atom stereocenters. The van der Waals surface area contributed by atoms with Crippen molar-refractivity contribution in [3.8, 4) is 0 Å². The van der Waals surface area contributed by atoms with E-state index in [1.165, 1.54) is 0 Å². The highest BCUT2D eigenvalue weighted by atomic mass is 35.5. The second-order valence-electron chi connectivity index (χ2n) is 4.63. The Morgan fingerprint density at radius 1 is 1.36 bits per heavy atom. The van der Waals surface area contributed by atoms with E-state index in [9.17, 15) is 4.79 Å². The van der Waals surface area contributed by atoms with Crippen LogP contribution in [0.25, 0.3) is 0 Å². The number of amides is 1. The molecule has 0 aliphatic heterocycles. The van der Waals surface area contributed by atoms with Gasteiger partial charge in [0.2, 0.25) is 0 Å². The number of nitrogens with zero attached hydrogens (tertiary/aromatic N) is 2. The van der Waals surface area contributed by atoms with Crippen molar-refractivity contribution in [1.29, 1.82) is 0 Å². The minimum Gasteiger partial charge on any atom is -0.366 e. The number of halogens is 1. The van der Waals surface area contributed by atoms with Gasteiger partial charge in [0, 0.05) is 24.2 Å². The fraction of sp³-hybridized carbons (Fsp3) is 0.188. The van der Waals surface area contributed by atoms with E-state index in [1.807, 2.05) is 24.3 Å². The number of benzene rings is 1. The first-order chi connectivity index (χ1) is 10.6. The standard InChI is InChI=1S/C16H17ClN4O/c1-3-8-18-16(22)14-9-15(21-11(2)20-14)19-10-12-6-4-5-7-13(12)17/h3-7,9H,1,8,10H2,2H3,(H,18,22)(H,19,20,21). The van der Waals surface area contributed by atoms with Gasteiger partial charge >= 0.3 is 0 Å². The Labute approximate surface area is 134 Å². The van der Waals surface area contributed by atoms with Gasteiger partial charge in [-0.2, -0.15) is 0 Å². The molecule has 0 fully saturated rings. The minimum atomic E-state index is -0.258. The number of carbonyl (C=O) groups excluding carboxylic acids is 1. The van der Waals surface area contributed by atoms with E-state index in [0.29, 0.717) is 35.4 Å². The molecule has 114 valence electrons. The molecule has 2 aromatic rings. The molecular formula is C16H17ClN4O. The lowest BCUT2D eigenvalue weighted by molar-refractivity contribution is 0.0952. The van der Waals surface area contributed by atoms with Crippen LogP contribution in [0.4, 0.5) is 5.82 Å². The van der Waals surface area contributed by atoms with Crippen molar-refractivity contribution >= 4 is 23.3 Å². The van der Waals surface area contributed by atoms with E-state index in [4.69, 9.17) is 11.6 Å². The lowest BCUT2D eigenvalue weighted by Gasteiger charge is -2.09.